The summed E-state index contributed by atoms with van der Waals surface area (Å²) in [5.41, 5.74) is 2.04. The number of anilines is 2. The number of carbonyl (C=O) groups excluding carboxylic acids is 2. The average Bonchev–Trinajstić information content (AvgIpc) is 3.45. The number of rotatable bonds is 8. The van der Waals surface area contributed by atoms with E-state index in [1.165, 1.54) is 23.5 Å². The number of hydrogen-bond donors (Lipinski definition) is 1. The Kier molecular flexibility index (Phi) is 7.32. The number of aromatic nitrogens is 2. The van der Waals surface area contributed by atoms with Gasteiger partial charge >= 0.3 is 0 Å². The number of amides is 2. The molecule has 0 aliphatic carbocycles. The van der Waals surface area contributed by atoms with E-state index in [1.807, 2.05) is 45.0 Å². The van der Waals surface area contributed by atoms with E-state index >= 15 is 0 Å². The van der Waals surface area contributed by atoms with Crippen molar-refractivity contribution in [2.75, 3.05) is 22.5 Å². The van der Waals surface area contributed by atoms with Crippen LogP contribution in [0.3, 0.4) is 0 Å². The summed E-state index contributed by atoms with van der Waals surface area (Å²) in [6.45, 7) is 6.40. The van der Waals surface area contributed by atoms with Crippen LogP contribution in [0.1, 0.15) is 53.5 Å². The Balaban J connectivity index is 1.47. The third-order valence-electron chi connectivity index (χ3n) is 5.91. The van der Waals surface area contributed by atoms with Crippen LogP contribution in [0.5, 0.6) is 0 Å². The topological polar surface area (TPSA) is 109 Å². The first kappa shape index (κ1) is 25.0. The van der Waals surface area contributed by atoms with Gasteiger partial charge in [-0.2, -0.15) is 0 Å². The molecule has 1 N–H and O–H groups in total. The van der Waals surface area contributed by atoms with E-state index in [0.717, 1.165) is 11.3 Å². The lowest BCUT2D eigenvalue weighted by molar-refractivity contribution is -0.117. The van der Waals surface area contributed by atoms with Gasteiger partial charge in [0.1, 0.15) is 5.01 Å². The quantitative estimate of drug-likeness (QED) is 0.478. The molecule has 1 fully saturated rings. The Hall–Kier alpha value is -3.11. The van der Waals surface area contributed by atoms with Gasteiger partial charge < -0.3 is 4.90 Å². The van der Waals surface area contributed by atoms with Gasteiger partial charge in [0.15, 0.2) is 9.84 Å². The maximum Gasteiger partial charge on any atom is 0.258 e. The summed E-state index contributed by atoms with van der Waals surface area (Å²) in [6.07, 6.45) is 0.825. The maximum absolute atomic E-state index is 13.0. The molecule has 35 heavy (non-hydrogen) atoms. The van der Waals surface area contributed by atoms with Crippen LogP contribution >= 0.6 is 11.3 Å². The number of nitrogens with one attached hydrogen (secondary N) is 1. The second kappa shape index (κ2) is 10.2. The third kappa shape index (κ3) is 5.76. The summed E-state index contributed by atoms with van der Waals surface area (Å²) in [5.74, 6) is -0.462. The lowest BCUT2D eigenvalue weighted by Gasteiger charge is -2.16. The predicted molar refractivity (Wildman–Crippen MR) is 137 cm³/mol. The largest absolute Gasteiger partial charge is 0.312 e. The van der Waals surface area contributed by atoms with E-state index in [2.05, 4.69) is 15.5 Å². The van der Waals surface area contributed by atoms with Crippen LogP contribution in [0.25, 0.3) is 0 Å². The van der Waals surface area contributed by atoms with Crippen LogP contribution in [-0.4, -0.2) is 42.7 Å². The third-order valence-corrected chi connectivity index (χ3v) is 8.71. The fourth-order valence-corrected chi connectivity index (χ4v) is 6.50. The van der Waals surface area contributed by atoms with Crippen molar-refractivity contribution in [3.05, 3.63) is 64.7 Å². The van der Waals surface area contributed by atoms with E-state index in [4.69, 9.17) is 0 Å². The number of aryl methyl sites for hydroxylation is 1. The molecule has 1 unspecified atom stereocenters. The van der Waals surface area contributed by atoms with Gasteiger partial charge in [-0.15, -0.1) is 10.2 Å². The highest BCUT2D eigenvalue weighted by Gasteiger charge is 2.34. The van der Waals surface area contributed by atoms with Crippen LogP contribution in [0.4, 0.5) is 10.8 Å². The SMILES string of the molecule is Cc1ccc(N2CC(c3nnc(NC(=O)c4ccccc4S(=O)(=O)CCC(C)C)s3)CC2=O)cc1. The minimum atomic E-state index is -3.61. The molecule has 8 nitrogen and oxygen atoms in total. The number of carbonyl (C=O) groups is 2. The van der Waals surface area contributed by atoms with E-state index in [0.29, 0.717) is 24.4 Å². The van der Waals surface area contributed by atoms with Crippen molar-refractivity contribution >= 4 is 43.8 Å². The van der Waals surface area contributed by atoms with Crippen molar-refractivity contribution < 1.29 is 18.0 Å². The number of hydrogen-bond acceptors (Lipinski definition) is 7. The van der Waals surface area contributed by atoms with Crippen LogP contribution < -0.4 is 10.2 Å². The molecular weight excluding hydrogens is 484 g/mol. The van der Waals surface area contributed by atoms with Gasteiger partial charge in [0, 0.05) is 24.6 Å². The van der Waals surface area contributed by atoms with Crippen molar-refractivity contribution in [3.8, 4) is 0 Å². The molecule has 1 atom stereocenters. The first-order valence-corrected chi connectivity index (χ1v) is 13.9. The molecule has 0 spiro atoms. The van der Waals surface area contributed by atoms with Crippen molar-refractivity contribution in [2.24, 2.45) is 5.92 Å². The molecule has 0 bridgehead atoms. The summed E-state index contributed by atoms with van der Waals surface area (Å²) in [7, 11) is -3.61. The molecule has 10 heteroatoms. The van der Waals surface area contributed by atoms with Crippen LogP contribution in [-0.2, 0) is 14.6 Å². The first-order chi connectivity index (χ1) is 16.6. The van der Waals surface area contributed by atoms with Gasteiger partial charge in [-0.05, 0) is 43.5 Å². The lowest BCUT2D eigenvalue weighted by atomic mass is 10.1. The second-order valence-corrected chi connectivity index (χ2v) is 12.2. The Morgan fingerprint density at radius 3 is 2.57 bits per heavy atom. The Bertz CT molecular complexity index is 1330. The zero-order valence-corrected chi connectivity index (χ0v) is 21.5. The van der Waals surface area contributed by atoms with Gasteiger partial charge in [0.25, 0.3) is 5.91 Å². The van der Waals surface area contributed by atoms with Crippen molar-refractivity contribution in [3.63, 3.8) is 0 Å². The summed E-state index contributed by atoms with van der Waals surface area (Å²) in [4.78, 5) is 27.3. The molecule has 0 saturated carbocycles. The molecule has 4 rings (SSSR count). The zero-order valence-electron chi connectivity index (χ0n) is 19.9. The molecule has 0 radical (unpaired) electrons. The monoisotopic (exact) mass is 512 g/mol. The Morgan fingerprint density at radius 1 is 1.14 bits per heavy atom. The van der Waals surface area contributed by atoms with Crippen LogP contribution in [0, 0.1) is 12.8 Å². The summed E-state index contributed by atoms with van der Waals surface area (Å²) < 4.78 is 25.7. The summed E-state index contributed by atoms with van der Waals surface area (Å²) >= 11 is 1.20. The standard InChI is InChI=1S/C25H28N4O4S2/c1-16(2)12-13-35(32,33)21-7-5-4-6-20(21)23(31)26-25-28-27-24(34-25)18-14-22(30)29(15-18)19-10-8-17(3)9-11-19/h4-11,16,18H,12-15H2,1-3H3,(H,26,28,31). The molecule has 2 heterocycles. The number of nitrogens with zero attached hydrogens (tertiary/aromatic N) is 3. The highest BCUT2D eigenvalue weighted by atomic mass is 32.2. The number of sulfone groups is 1. The van der Waals surface area contributed by atoms with Crippen molar-refractivity contribution in [1.82, 2.24) is 10.2 Å². The molecule has 1 saturated heterocycles. The molecule has 1 aliphatic heterocycles. The zero-order chi connectivity index (χ0) is 25.2. The van der Waals surface area contributed by atoms with Gasteiger partial charge in [-0.1, -0.05) is 55.0 Å². The Labute approximate surface area is 209 Å². The van der Waals surface area contributed by atoms with Gasteiger partial charge in [0.05, 0.1) is 16.2 Å². The van der Waals surface area contributed by atoms with E-state index in [9.17, 15) is 18.0 Å². The maximum atomic E-state index is 13.0. The summed E-state index contributed by atoms with van der Waals surface area (Å²) in [6, 6.07) is 14.0. The lowest BCUT2D eigenvalue weighted by Crippen LogP contribution is -2.24. The van der Waals surface area contributed by atoms with Gasteiger partial charge in [-0.25, -0.2) is 8.42 Å². The van der Waals surface area contributed by atoms with Crippen LogP contribution in [0.15, 0.2) is 53.4 Å². The normalized spacial score (nSPS) is 16.2. The van der Waals surface area contributed by atoms with Crippen LogP contribution in [0.2, 0.25) is 0 Å². The first-order valence-electron chi connectivity index (χ1n) is 11.5. The van der Waals surface area contributed by atoms with Gasteiger partial charge in [-0.3, -0.25) is 14.9 Å². The summed E-state index contributed by atoms with van der Waals surface area (Å²) in [5, 5.41) is 11.9. The van der Waals surface area contributed by atoms with E-state index in [1.54, 1.807) is 17.0 Å². The minimum absolute atomic E-state index is 0.0121. The smallest absolute Gasteiger partial charge is 0.258 e. The molecule has 1 aliphatic rings. The number of benzene rings is 2. The minimum Gasteiger partial charge on any atom is -0.312 e. The molecule has 184 valence electrons. The Morgan fingerprint density at radius 2 is 1.86 bits per heavy atom. The van der Waals surface area contributed by atoms with E-state index in [-0.39, 0.29) is 39.1 Å². The van der Waals surface area contributed by atoms with Crippen molar-refractivity contribution in [2.45, 2.75) is 44.4 Å². The van der Waals surface area contributed by atoms with E-state index < -0.39 is 15.7 Å². The highest BCUT2D eigenvalue weighted by Crippen LogP contribution is 2.34. The molecular formula is C25H28N4O4S2. The predicted octanol–water partition coefficient (Wildman–Crippen LogP) is 4.44. The molecule has 1 aromatic heterocycles. The fraction of sp³-hybridized carbons (Fsp3) is 0.360. The second-order valence-electron chi connectivity index (χ2n) is 9.14. The fourth-order valence-electron chi connectivity index (χ4n) is 3.89. The molecule has 2 amide bonds. The molecule has 3 aromatic rings. The van der Waals surface area contributed by atoms with Gasteiger partial charge in [0.2, 0.25) is 11.0 Å². The average molecular weight is 513 g/mol. The highest BCUT2D eigenvalue weighted by molar-refractivity contribution is 7.91. The van der Waals surface area contributed by atoms with Crippen molar-refractivity contribution in [1.29, 1.82) is 0 Å². The molecule has 2 aromatic carbocycles.